The third-order valence-electron chi connectivity index (χ3n) is 3.24. The van der Waals surface area contributed by atoms with Gasteiger partial charge in [0, 0.05) is 13.1 Å². The maximum absolute atomic E-state index is 12.7. The second-order valence-corrected chi connectivity index (χ2v) is 4.97. The number of pyridine rings is 1. The minimum absolute atomic E-state index is 0.299. The number of hydrogen-bond acceptors (Lipinski definition) is 3. The largest absolute Gasteiger partial charge is 0.338 e. The average Bonchev–Trinajstić information content (AvgIpc) is 2.39. The number of anilines is 1. The number of aromatic nitrogens is 1. The molecule has 2 amide bonds. The number of carbonyl (C=O) groups excluding carboxylic acids is 1. The molecule has 2 N–H and O–H groups in total. The van der Waals surface area contributed by atoms with Crippen molar-refractivity contribution < 1.29 is 9.18 Å². The average molecular weight is 266 g/mol. The van der Waals surface area contributed by atoms with E-state index in [1.807, 2.05) is 0 Å². The lowest BCUT2D eigenvalue weighted by molar-refractivity contribution is 0.204. The van der Waals surface area contributed by atoms with Gasteiger partial charge in [-0.15, -0.1) is 0 Å². The van der Waals surface area contributed by atoms with E-state index in [-0.39, 0.29) is 6.03 Å². The molecule has 2 heterocycles. The summed E-state index contributed by atoms with van der Waals surface area (Å²) in [5.41, 5.74) is 0. The molecule has 0 saturated carbocycles. The van der Waals surface area contributed by atoms with Gasteiger partial charge < -0.3 is 10.2 Å². The number of urea groups is 1. The van der Waals surface area contributed by atoms with Crippen molar-refractivity contribution in [3.05, 3.63) is 24.1 Å². The van der Waals surface area contributed by atoms with E-state index >= 15 is 0 Å². The van der Waals surface area contributed by atoms with E-state index in [0.717, 1.165) is 25.7 Å². The first-order chi connectivity index (χ1) is 9.13. The highest BCUT2D eigenvalue weighted by atomic mass is 19.1. The molecule has 1 fully saturated rings. The Kier molecular flexibility index (Phi) is 4.68. The normalized spacial score (nSPS) is 20.0. The van der Waals surface area contributed by atoms with E-state index in [9.17, 15) is 9.18 Å². The zero-order chi connectivity index (χ0) is 13.7. The molecule has 0 bridgehead atoms. The highest BCUT2D eigenvalue weighted by Crippen LogP contribution is 2.13. The van der Waals surface area contributed by atoms with Gasteiger partial charge in [0.25, 0.3) is 0 Å². The van der Waals surface area contributed by atoms with Gasteiger partial charge in [0.1, 0.15) is 11.6 Å². The summed E-state index contributed by atoms with van der Waals surface area (Å²) in [4.78, 5) is 17.7. The number of halogens is 1. The number of rotatable bonds is 3. The summed E-state index contributed by atoms with van der Waals surface area (Å²) in [7, 11) is 2.09. The third-order valence-corrected chi connectivity index (χ3v) is 3.24. The van der Waals surface area contributed by atoms with Crippen LogP contribution < -0.4 is 10.6 Å². The maximum atomic E-state index is 12.7. The fourth-order valence-corrected chi connectivity index (χ4v) is 2.29. The van der Waals surface area contributed by atoms with Gasteiger partial charge in [0.15, 0.2) is 0 Å². The van der Waals surface area contributed by atoms with E-state index in [2.05, 4.69) is 27.6 Å². The van der Waals surface area contributed by atoms with Crippen LogP contribution in [0.4, 0.5) is 15.0 Å². The van der Waals surface area contributed by atoms with Crippen molar-refractivity contribution in [1.29, 1.82) is 0 Å². The first-order valence-corrected chi connectivity index (χ1v) is 6.48. The molecule has 1 aromatic heterocycles. The summed E-state index contributed by atoms with van der Waals surface area (Å²) in [6.07, 6.45) is 3.38. The molecular weight excluding hydrogens is 247 g/mol. The van der Waals surface area contributed by atoms with Crippen molar-refractivity contribution in [3.63, 3.8) is 0 Å². The van der Waals surface area contributed by atoms with Crippen LogP contribution in [0.15, 0.2) is 18.3 Å². The summed E-state index contributed by atoms with van der Waals surface area (Å²) >= 11 is 0. The Hall–Kier alpha value is -1.69. The molecule has 0 radical (unpaired) electrons. The summed E-state index contributed by atoms with van der Waals surface area (Å²) < 4.78 is 12.7. The van der Waals surface area contributed by atoms with E-state index in [4.69, 9.17) is 0 Å². The number of piperidine rings is 1. The summed E-state index contributed by atoms with van der Waals surface area (Å²) in [5.74, 6) is 0.418. The van der Waals surface area contributed by atoms with Crippen molar-refractivity contribution >= 4 is 11.8 Å². The fourth-order valence-electron chi connectivity index (χ4n) is 2.29. The molecule has 1 aliphatic rings. The maximum Gasteiger partial charge on any atom is 0.320 e. The SMILES string of the molecule is CN1CCCC(CNC(=O)Nc2ccc(F)cn2)C1. The molecule has 6 heteroatoms. The summed E-state index contributed by atoms with van der Waals surface area (Å²) in [5, 5.41) is 5.40. The number of carbonyl (C=O) groups is 1. The molecule has 0 spiro atoms. The first-order valence-electron chi connectivity index (χ1n) is 6.48. The van der Waals surface area contributed by atoms with Crippen molar-refractivity contribution in [2.45, 2.75) is 12.8 Å². The van der Waals surface area contributed by atoms with Crippen molar-refractivity contribution in [2.75, 3.05) is 32.0 Å². The summed E-state index contributed by atoms with van der Waals surface area (Å²) in [6.45, 7) is 2.79. The van der Waals surface area contributed by atoms with Gasteiger partial charge in [-0.05, 0) is 44.5 Å². The van der Waals surface area contributed by atoms with Gasteiger partial charge in [-0.2, -0.15) is 0 Å². The summed E-state index contributed by atoms with van der Waals surface area (Å²) in [6, 6.07) is 2.40. The van der Waals surface area contributed by atoms with Crippen LogP contribution in [-0.4, -0.2) is 42.6 Å². The lowest BCUT2D eigenvalue weighted by atomic mass is 9.99. The Labute approximate surface area is 112 Å². The lowest BCUT2D eigenvalue weighted by Crippen LogP contribution is -2.40. The molecule has 1 saturated heterocycles. The Bertz CT molecular complexity index is 423. The van der Waals surface area contributed by atoms with Crippen LogP contribution >= 0.6 is 0 Å². The van der Waals surface area contributed by atoms with E-state index in [1.165, 1.54) is 18.6 Å². The second-order valence-electron chi connectivity index (χ2n) is 4.97. The number of amides is 2. The van der Waals surface area contributed by atoms with Crippen LogP contribution in [0.2, 0.25) is 0 Å². The second kappa shape index (κ2) is 6.47. The van der Waals surface area contributed by atoms with Crippen LogP contribution in [0, 0.1) is 11.7 Å². The van der Waals surface area contributed by atoms with Crippen molar-refractivity contribution in [3.8, 4) is 0 Å². The smallest absolute Gasteiger partial charge is 0.320 e. The predicted octanol–water partition coefficient (Wildman–Crippen LogP) is 1.68. The van der Waals surface area contributed by atoms with Crippen LogP contribution in [0.25, 0.3) is 0 Å². The third kappa shape index (κ3) is 4.48. The Morgan fingerprint density at radius 2 is 2.42 bits per heavy atom. The minimum atomic E-state index is -0.420. The van der Waals surface area contributed by atoms with Crippen LogP contribution in [0.3, 0.4) is 0 Å². The molecule has 5 nitrogen and oxygen atoms in total. The first kappa shape index (κ1) is 13.7. The standard InChI is InChI=1S/C13H19FN4O/c1-18-6-2-3-10(9-18)7-16-13(19)17-12-5-4-11(14)8-15-12/h4-5,8,10H,2-3,6-7,9H2,1H3,(H2,15,16,17,19). The molecule has 104 valence electrons. The number of nitrogens with zero attached hydrogens (tertiary/aromatic N) is 2. The van der Waals surface area contributed by atoms with Gasteiger partial charge >= 0.3 is 6.03 Å². The van der Waals surface area contributed by atoms with E-state index < -0.39 is 5.82 Å². The molecule has 0 aromatic carbocycles. The molecule has 19 heavy (non-hydrogen) atoms. The zero-order valence-corrected chi connectivity index (χ0v) is 11.0. The quantitative estimate of drug-likeness (QED) is 0.875. The molecule has 1 aromatic rings. The highest BCUT2D eigenvalue weighted by Gasteiger charge is 2.17. The lowest BCUT2D eigenvalue weighted by Gasteiger charge is -2.29. The van der Waals surface area contributed by atoms with Gasteiger partial charge in [0.05, 0.1) is 6.20 Å². The molecule has 1 unspecified atom stereocenters. The Balaban J connectivity index is 1.73. The molecule has 0 aliphatic carbocycles. The predicted molar refractivity (Wildman–Crippen MR) is 71.4 cm³/mol. The zero-order valence-electron chi connectivity index (χ0n) is 11.0. The Morgan fingerprint density at radius 3 is 3.11 bits per heavy atom. The Morgan fingerprint density at radius 1 is 1.58 bits per heavy atom. The van der Waals surface area contributed by atoms with Crippen molar-refractivity contribution in [2.24, 2.45) is 5.92 Å². The minimum Gasteiger partial charge on any atom is -0.338 e. The van der Waals surface area contributed by atoms with E-state index in [0.29, 0.717) is 18.3 Å². The fraction of sp³-hybridized carbons (Fsp3) is 0.538. The highest BCUT2D eigenvalue weighted by molar-refractivity contribution is 5.88. The molecule has 1 atom stereocenters. The van der Waals surface area contributed by atoms with Crippen molar-refractivity contribution in [1.82, 2.24) is 15.2 Å². The van der Waals surface area contributed by atoms with E-state index in [1.54, 1.807) is 0 Å². The molecule has 1 aliphatic heterocycles. The van der Waals surface area contributed by atoms with Crippen LogP contribution in [0.1, 0.15) is 12.8 Å². The topological polar surface area (TPSA) is 57.3 Å². The van der Waals surface area contributed by atoms with Crippen LogP contribution in [-0.2, 0) is 0 Å². The van der Waals surface area contributed by atoms with Gasteiger partial charge in [-0.3, -0.25) is 5.32 Å². The van der Waals surface area contributed by atoms with Crippen LogP contribution in [0.5, 0.6) is 0 Å². The van der Waals surface area contributed by atoms with Gasteiger partial charge in [0.2, 0.25) is 0 Å². The number of hydrogen-bond donors (Lipinski definition) is 2. The molecule has 2 rings (SSSR count). The monoisotopic (exact) mass is 266 g/mol. The number of likely N-dealkylation sites (tertiary alicyclic amines) is 1. The van der Waals surface area contributed by atoms with Gasteiger partial charge in [-0.25, -0.2) is 14.2 Å². The molecular formula is C13H19FN4O. The van der Waals surface area contributed by atoms with Gasteiger partial charge in [-0.1, -0.05) is 0 Å². The number of nitrogens with one attached hydrogen (secondary N) is 2.